The van der Waals surface area contributed by atoms with Crippen LogP contribution in [0.5, 0.6) is 17.2 Å². The molecule has 16 heteroatoms. The molecule has 2 aliphatic rings. The number of aliphatic hydroxyl groups excluding tert-OH is 1. The Balaban J connectivity index is 1.74. The summed E-state index contributed by atoms with van der Waals surface area (Å²) in [7, 11) is -1.80. The number of nitrogens with zero attached hydrogens (tertiary/aromatic N) is 2. The molecule has 5 amide bonds. The molecule has 15 nitrogen and oxygen atoms in total. The zero-order valence-corrected chi connectivity index (χ0v) is 19.3. The van der Waals surface area contributed by atoms with Gasteiger partial charge in [-0.25, -0.2) is 9.59 Å². The number of carbonyl (C=O) groups is 5. The van der Waals surface area contributed by atoms with Gasteiger partial charge in [-0.15, -0.1) is 0 Å². The predicted octanol–water partition coefficient (Wildman–Crippen LogP) is -2.61. The first-order chi connectivity index (χ1) is 16.9. The number of nitrogens with one attached hydrogen (secondary N) is 2. The third kappa shape index (κ3) is 4.99. The van der Waals surface area contributed by atoms with Crippen molar-refractivity contribution < 1.29 is 54.1 Å². The van der Waals surface area contributed by atoms with E-state index >= 15 is 0 Å². The number of phenols is 2. The minimum Gasteiger partial charge on any atom is -0.534 e. The number of benzene rings is 1. The number of aromatic carboxylic acids is 1. The monoisotopic (exact) mass is 508 g/mol. The summed E-state index contributed by atoms with van der Waals surface area (Å²) in [4.78, 5) is 63.1. The Bertz CT molecular complexity index is 1110. The molecule has 0 spiro atoms. The number of hydrogen-bond donors (Lipinski definition) is 7. The van der Waals surface area contributed by atoms with E-state index in [1.807, 2.05) is 0 Å². The summed E-state index contributed by atoms with van der Waals surface area (Å²) in [5.74, 6) is -7.91. The number of carboxylic acids is 1. The van der Waals surface area contributed by atoms with E-state index in [4.69, 9.17) is 4.65 Å². The van der Waals surface area contributed by atoms with Crippen molar-refractivity contribution >= 4 is 36.8 Å². The molecule has 1 fully saturated rings. The summed E-state index contributed by atoms with van der Waals surface area (Å²) >= 11 is 0. The van der Waals surface area contributed by atoms with E-state index in [0.29, 0.717) is 4.90 Å². The van der Waals surface area contributed by atoms with Gasteiger partial charge in [0.15, 0.2) is 11.5 Å². The van der Waals surface area contributed by atoms with E-state index in [-0.39, 0.29) is 31.6 Å². The molecule has 36 heavy (non-hydrogen) atoms. The second-order valence-corrected chi connectivity index (χ2v) is 8.25. The highest BCUT2D eigenvalue weighted by atomic mass is 16.5. The van der Waals surface area contributed by atoms with Crippen molar-refractivity contribution in [2.45, 2.75) is 38.4 Å². The Labute approximate surface area is 204 Å². The van der Waals surface area contributed by atoms with E-state index in [1.54, 1.807) is 6.92 Å². The van der Waals surface area contributed by atoms with Crippen LogP contribution in [0.15, 0.2) is 6.07 Å². The van der Waals surface area contributed by atoms with E-state index in [2.05, 4.69) is 10.6 Å². The molecule has 0 radical (unpaired) electrons. The van der Waals surface area contributed by atoms with Crippen LogP contribution in [0.3, 0.4) is 0 Å². The van der Waals surface area contributed by atoms with Gasteiger partial charge in [0, 0.05) is 19.6 Å². The lowest BCUT2D eigenvalue weighted by atomic mass is 9.72. The van der Waals surface area contributed by atoms with E-state index < -0.39 is 77.7 Å². The van der Waals surface area contributed by atoms with Gasteiger partial charge in [-0.05, 0) is 31.9 Å². The van der Waals surface area contributed by atoms with Crippen LogP contribution >= 0.6 is 0 Å². The maximum atomic E-state index is 12.9. The molecular formula is C20H25BN4O11. The first-order valence-electron chi connectivity index (χ1n) is 10.9. The molecule has 0 aliphatic carbocycles. The smallest absolute Gasteiger partial charge is 0.534 e. The number of urea groups is 1. The zero-order chi connectivity index (χ0) is 26.9. The molecule has 2 heterocycles. The molecule has 1 aromatic carbocycles. The number of aliphatic hydroxyl groups is 1. The summed E-state index contributed by atoms with van der Waals surface area (Å²) in [6.45, 7) is 3.12. The lowest BCUT2D eigenvalue weighted by Gasteiger charge is -2.33. The highest BCUT2D eigenvalue weighted by Gasteiger charge is 2.42. The molecule has 2 aliphatic heterocycles. The van der Waals surface area contributed by atoms with Gasteiger partial charge >= 0.3 is 30.9 Å². The van der Waals surface area contributed by atoms with Crippen molar-refractivity contribution in [3.63, 3.8) is 0 Å². The molecule has 0 aromatic heterocycles. The number of carboxylic acid groups (broad SMARTS) is 1. The number of hydrogen-bond acceptors (Lipinski definition) is 10. The minimum atomic E-state index is -1.80. The van der Waals surface area contributed by atoms with Crippen molar-refractivity contribution in [2.24, 2.45) is 0 Å². The molecule has 3 rings (SSSR count). The fourth-order valence-corrected chi connectivity index (χ4v) is 3.90. The van der Waals surface area contributed by atoms with Gasteiger partial charge in [0.25, 0.3) is 0 Å². The molecule has 1 unspecified atom stereocenters. The average molecular weight is 508 g/mol. The Morgan fingerprint density at radius 3 is 2.47 bits per heavy atom. The molecule has 194 valence electrons. The van der Waals surface area contributed by atoms with Crippen LogP contribution in [0.1, 0.15) is 29.8 Å². The number of likely N-dealkylation sites (N-methyl/N-ethyl adjacent to an activating group) is 1. The number of aromatic hydroxyl groups is 2. The number of fused-ring (bicyclic) bond motifs is 1. The molecule has 1 saturated heterocycles. The first kappa shape index (κ1) is 26.6. The molecule has 1 aromatic rings. The van der Waals surface area contributed by atoms with Crippen LogP contribution in [0.2, 0.25) is 0 Å². The second kappa shape index (κ2) is 10.3. The molecule has 7 N–H and O–H groups in total. The number of phenolic OH excluding ortho intramolecular Hbond substituents is 1. The standard InChI is InChI=1S/C20H25BN4O11/c1-3-24-4-5-25(18(31)17(24)30)20(34)23-13(8(2)26)16(29)22-11-7-9-6-10(27)14(28)12(19(32)33)15(9)36-21(11)35/h6,8,11,13,26-28,35H,3-5,7H2,1-2H3,(H,22,29)(H,23,34)(H,32,33)/t8-,11?,13+/m0/s1. The van der Waals surface area contributed by atoms with Crippen LogP contribution in [-0.4, -0.2) is 110 Å². The van der Waals surface area contributed by atoms with Gasteiger partial charge in [-0.3, -0.25) is 19.3 Å². The third-order valence-electron chi connectivity index (χ3n) is 5.85. The SMILES string of the molecule is CCN1CCN(C(=O)N[C@@H](C(=O)NC2Cc3cc(O)c(O)c(C(=O)O)c3OB2O)[C@H](C)O)C(=O)C1=O. The van der Waals surface area contributed by atoms with Gasteiger partial charge in [-0.1, -0.05) is 0 Å². The van der Waals surface area contributed by atoms with Crippen molar-refractivity contribution in [3.8, 4) is 17.2 Å². The number of piperazine rings is 1. The van der Waals surface area contributed by atoms with Gasteiger partial charge in [0.2, 0.25) is 5.91 Å². The lowest BCUT2D eigenvalue weighted by Crippen LogP contribution is -2.63. The topological polar surface area (TPSA) is 226 Å². The van der Waals surface area contributed by atoms with Gasteiger partial charge in [-0.2, -0.15) is 0 Å². The summed E-state index contributed by atoms with van der Waals surface area (Å²) in [5, 5.41) is 53.9. The largest absolute Gasteiger partial charge is 0.547 e. The maximum Gasteiger partial charge on any atom is 0.547 e. The summed E-state index contributed by atoms with van der Waals surface area (Å²) < 4.78 is 5.18. The molecule has 0 saturated carbocycles. The van der Waals surface area contributed by atoms with Gasteiger partial charge < -0.3 is 45.6 Å². The minimum absolute atomic E-state index is 0.0498. The van der Waals surface area contributed by atoms with E-state index in [1.165, 1.54) is 11.8 Å². The molecular weight excluding hydrogens is 483 g/mol. The Hall–Kier alpha value is -4.05. The average Bonchev–Trinajstić information content (AvgIpc) is 2.80. The highest BCUT2D eigenvalue weighted by Crippen LogP contribution is 2.41. The van der Waals surface area contributed by atoms with Crippen LogP contribution in [0.25, 0.3) is 0 Å². The number of rotatable bonds is 6. The number of carbonyl (C=O) groups excluding carboxylic acids is 4. The quantitative estimate of drug-likeness (QED) is 0.120. The Kier molecular flexibility index (Phi) is 7.59. The number of amides is 5. The summed E-state index contributed by atoms with van der Waals surface area (Å²) in [6.07, 6.45) is -1.71. The fraction of sp³-hybridized carbons (Fsp3) is 0.450. The highest BCUT2D eigenvalue weighted by molar-refractivity contribution is 6.47. The van der Waals surface area contributed by atoms with Crippen LogP contribution in [-0.2, 0) is 20.8 Å². The van der Waals surface area contributed by atoms with Crippen LogP contribution in [0.4, 0.5) is 4.79 Å². The second-order valence-electron chi connectivity index (χ2n) is 8.25. The Morgan fingerprint density at radius 2 is 1.89 bits per heavy atom. The summed E-state index contributed by atoms with van der Waals surface area (Å²) in [5.41, 5.74) is -0.723. The fourth-order valence-electron chi connectivity index (χ4n) is 3.90. The van der Waals surface area contributed by atoms with Crippen molar-refractivity contribution in [2.75, 3.05) is 19.6 Å². The molecule has 0 bridgehead atoms. The first-order valence-corrected chi connectivity index (χ1v) is 10.9. The van der Waals surface area contributed by atoms with Gasteiger partial charge in [0.05, 0.1) is 12.0 Å². The number of imide groups is 1. The van der Waals surface area contributed by atoms with Gasteiger partial charge in [0.1, 0.15) is 17.4 Å². The van der Waals surface area contributed by atoms with Crippen molar-refractivity contribution in [1.82, 2.24) is 20.4 Å². The normalized spacial score (nSPS) is 19.2. The summed E-state index contributed by atoms with van der Waals surface area (Å²) in [6, 6.07) is -1.68. The van der Waals surface area contributed by atoms with E-state index in [9.17, 15) is 49.4 Å². The Morgan fingerprint density at radius 1 is 1.22 bits per heavy atom. The predicted molar refractivity (Wildman–Crippen MR) is 119 cm³/mol. The maximum absolute atomic E-state index is 12.9. The van der Waals surface area contributed by atoms with Crippen molar-refractivity contribution in [1.29, 1.82) is 0 Å². The lowest BCUT2D eigenvalue weighted by molar-refractivity contribution is -0.153. The van der Waals surface area contributed by atoms with E-state index in [0.717, 1.165) is 6.07 Å². The van der Waals surface area contributed by atoms with Crippen molar-refractivity contribution in [3.05, 3.63) is 17.2 Å². The zero-order valence-electron chi connectivity index (χ0n) is 19.3. The van der Waals surface area contributed by atoms with Crippen LogP contribution < -0.4 is 15.3 Å². The molecule has 3 atom stereocenters. The van der Waals surface area contributed by atoms with Crippen LogP contribution in [0, 0.1) is 0 Å². The third-order valence-corrected chi connectivity index (χ3v) is 5.85.